The van der Waals surface area contributed by atoms with E-state index in [-0.39, 0.29) is 11.7 Å². The number of carbonyl (C=O) groups excluding carboxylic acids is 1. The number of rotatable bonds is 3. The third-order valence-corrected chi connectivity index (χ3v) is 4.74. The summed E-state index contributed by atoms with van der Waals surface area (Å²) in [6, 6.07) is 6.70. The average Bonchev–Trinajstić information content (AvgIpc) is 3.00. The summed E-state index contributed by atoms with van der Waals surface area (Å²) in [4.78, 5) is 15.4. The summed E-state index contributed by atoms with van der Waals surface area (Å²) < 4.78 is 18.5. The first kappa shape index (κ1) is 14.8. The fourth-order valence-corrected chi connectivity index (χ4v) is 3.39. The van der Waals surface area contributed by atoms with Gasteiger partial charge in [-0.3, -0.25) is 4.79 Å². The van der Waals surface area contributed by atoms with E-state index < -0.39 is 5.82 Å². The van der Waals surface area contributed by atoms with Gasteiger partial charge in [0, 0.05) is 24.0 Å². The first-order valence-electron chi connectivity index (χ1n) is 7.03. The van der Waals surface area contributed by atoms with Crippen LogP contribution < -0.4 is 4.74 Å². The number of amides is 1. The molecule has 0 aliphatic carbocycles. The van der Waals surface area contributed by atoms with Crippen molar-refractivity contribution in [2.45, 2.75) is 13.0 Å². The van der Waals surface area contributed by atoms with Gasteiger partial charge in [-0.15, -0.1) is 11.3 Å². The molecule has 1 aliphatic heterocycles. The molecule has 3 nitrogen and oxygen atoms in total. The van der Waals surface area contributed by atoms with Gasteiger partial charge in [-0.2, -0.15) is 0 Å². The molecule has 0 fully saturated rings. The maximum absolute atomic E-state index is 13.6. The zero-order valence-electron chi connectivity index (χ0n) is 12.2. The standard InChI is InChI=1S/C17H16FNO2S/c1-21-15-4-2-12(10-14(15)18)3-5-17(20)19-8-6-16-13(11-19)7-9-22-16/h2-5,7,9-10H,6,8,11H2,1H3. The van der Waals surface area contributed by atoms with Crippen LogP contribution in [0.25, 0.3) is 6.08 Å². The number of hydrogen-bond donors (Lipinski definition) is 0. The second kappa shape index (κ2) is 6.32. The summed E-state index contributed by atoms with van der Waals surface area (Å²) in [5.41, 5.74) is 1.87. The van der Waals surface area contributed by atoms with Crippen molar-refractivity contribution < 1.29 is 13.9 Å². The number of fused-ring (bicyclic) bond motifs is 1. The topological polar surface area (TPSA) is 29.5 Å². The zero-order valence-corrected chi connectivity index (χ0v) is 13.0. The highest BCUT2D eigenvalue weighted by Crippen LogP contribution is 2.24. The molecule has 5 heteroatoms. The maximum atomic E-state index is 13.6. The molecule has 3 rings (SSSR count). The normalized spacial score (nSPS) is 14.2. The van der Waals surface area contributed by atoms with E-state index in [0.29, 0.717) is 12.1 Å². The van der Waals surface area contributed by atoms with E-state index in [9.17, 15) is 9.18 Å². The molecule has 0 N–H and O–H groups in total. The highest BCUT2D eigenvalue weighted by molar-refractivity contribution is 7.10. The van der Waals surface area contributed by atoms with E-state index in [2.05, 4.69) is 11.4 Å². The molecule has 22 heavy (non-hydrogen) atoms. The maximum Gasteiger partial charge on any atom is 0.246 e. The number of carbonyl (C=O) groups is 1. The smallest absolute Gasteiger partial charge is 0.246 e. The molecule has 0 spiro atoms. The second-order valence-corrected chi connectivity index (χ2v) is 6.11. The summed E-state index contributed by atoms with van der Waals surface area (Å²) in [6.07, 6.45) is 4.04. The van der Waals surface area contributed by atoms with E-state index in [1.807, 2.05) is 4.90 Å². The van der Waals surface area contributed by atoms with Crippen LogP contribution in [-0.4, -0.2) is 24.5 Å². The molecule has 0 saturated heterocycles. The lowest BCUT2D eigenvalue weighted by Crippen LogP contribution is -2.34. The van der Waals surface area contributed by atoms with Crippen LogP contribution in [0.15, 0.2) is 35.7 Å². The molecular formula is C17H16FNO2S. The number of halogens is 1. The van der Waals surface area contributed by atoms with Crippen LogP contribution in [0, 0.1) is 5.82 Å². The van der Waals surface area contributed by atoms with Gasteiger partial charge < -0.3 is 9.64 Å². The molecule has 1 aliphatic rings. The number of methoxy groups -OCH3 is 1. The van der Waals surface area contributed by atoms with Gasteiger partial charge in [0.05, 0.1) is 7.11 Å². The van der Waals surface area contributed by atoms with Gasteiger partial charge in [0.15, 0.2) is 11.6 Å². The molecule has 1 aromatic heterocycles. The number of nitrogens with zero attached hydrogens (tertiary/aromatic N) is 1. The number of thiophene rings is 1. The lowest BCUT2D eigenvalue weighted by Gasteiger charge is -2.25. The Kier molecular flexibility index (Phi) is 4.24. The van der Waals surface area contributed by atoms with Crippen molar-refractivity contribution in [3.63, 3.8) is 0 Å². The first-order valence-corrected chi connectivity index (χ1v) is 7.91. The fraction of sp³-hybridized carbons (Fsp3) is 0.235. The molecule has 0 saturated carbocycles. The third kappa shape index (κ3) is 3.04. The quantitative estimate of drug-likeness (QED) is 0.811. The summed E-state index contributed by atoms with van der Waals surface area (Å²) in [5, 5.41) is 2.06. The van der Waals surface area contributed by atoms with Gasteiger partial charge in [-0.25, -0.2) is 4.39 Å². The number of benzene rings is 1. The molecule has 2 heterocycles. The van der Waals surface area contributed by atoms with E-state index in [1.54, 1.807) is 29.5 Å². The monoisotopic (exact) mass is 317 g/mol. The van der Waals surface area contributed by atoms with Crippen LogP contribution in [0.4, 0.5) is 4.39 Å². The van der Waals surface area contributed by atoms with Crippen LogP contribution in [0.3, 0.4) is 0 Å². The Hall–Kier alpha value is -2.14. The molecule has 1 amide bonds. The van der Waals surface area contributed by atoms with E-state index in [1.165, 1.54) is 29.7 Å². The Bertz CT molecular complexity index is 723. The van der Waals surface area contributed by atoms with Crippen molar-refractivity contribution in [2.75, 3.05) is 13.7 Å². The van der Waals surface area contributed by atoms with Crippen molar-refractivity contribution in [1.29, 1.82) is 0 Å². The van der Waals surface area contributed by atoms with Crippen LogP contribution in [-0.2, 0) is 17.8 Å². The van der Waals surface area contributed by atoms with E-state index in [4.69, 9.17) is 4.74 Å². The van der Waals surface area contributed by atoms with Gasteiger partial charge in [-0.05, 0) is 47.2 Å². The van der Waals surface area contributed by atoms with Crippen LogP contribution >= 0.6 is 11.3 Å². The number of hydrogen-bond acceptors (Lipinski definition) is 3. The van der Waals surface area contributed by atoms with Gasteiger partial charge >= 0.3 is 0 Å². The predicted molar refractivity (Wildman–Crippen MR) is 85.4 cm³/mol. The summed E-state index contributed by atoms with van der Waals surface area (Å²) in [6.45, 7) is 1.38. The van der Waals surface area contributed by atoms with Crippen molar-refractivity contribution >= 4 is 23.3 Å². The largest absolute Gasteiger partial charge is 0.494 e. The Morgan fingerprint density at radius 3 is 3.05 bits per heavy atom. The molecule has 114 valence electrons. The van der Waals surface area contributed by atoms with Gasteiger partial charge in [0.25, 0.3) is 0 Å². The molecule has 0 bridgehead atoms. The Labute approximate surface area is 132 Å². The van der Waals surface area contributed by atoms with Crippen molar-refractivity contribution in [1.82, 2.24) is 4.90 Å². The number of ether oxygens (including phenoxy) is 1. The van der Waals surface area contributed by atoms with Crippen molar-refractivity contribution in [3.05, 3.63) is 57.5 Å². The lowest BCUT2D eigenvalue weighted by molar-refractivity contribution is -0.126. The zero-order chi connectivity index (χ0) is 15.5. The van der Waals surface area contributed by atoms with Gasteiger partial charge in [0.1, 0.15) is 0 Å². The average molecular weight is 317 g/mol. The van der Waals surface area contributed by atoms with Gasteiger partial charge in [0.2, 0.25) is 5.91 Å². The fourth-order valence-electron chi connectivity index (χ4n) is 2.50. The van der Waals surface area contributed by atoms with E-state index in [0.717, 1.165) is 13.0 Å². The molecule has 1 aromatic carbocycles. The summed E-state index contributed by atoms with van der Waals surface area (Å²) in [7, 11) is 1.42. The van der Waals surface area contributed by atoms with Crippen LogP contribution in [0.1, 0.15) is 16.0 Å². The third-order valence-electron chi connectivity index (χ3n) is 3.71. The minimum Gasteiger partial charge on any atom is -0.494 e. The Balaban J connectivity index is 1.68. The minimum atomic E-state index is -0.432. The Morgan fingerprint density at radius 2 is 2.27 bits per heavy atom. The highest BCUT2D eigenvalue weighted by atomic mass is 32.1. The lowest BCUT2D eigenvalue weighted by atomic mass is 10.1. The molecule has 2 aromatic rings. The van der Waals surface area contributed by atoms with Crippen LogP contribution in [0.2, 0.25) is 0 Å². The first-order chi connectivity index (χ1) is 10.7. The summed E-state index contributed by atoms with van der Waals surface area (Å²) >= 11 is 1.74. The molecule has 0 radical (unpaired) electrons. The van der Waals surface area contributed by atoms with Crippen molar-refractivity contribution in [3.8, 4) is 5.75 Å². The SMILES string of the molecule is COc1ccc(C=CC(=O)N2CCc3sccc3C2)cc1F. The predicted octanol–water partition coefficient (Wildman–Crippen LogP) is 3.49. The van der Waals surface area contributed by atoms with E-state index >= 15 is 0 Å². The van der Waals surface area contributed by atoms with Crippen molar-refractivity contribution in [2.24, 2.45) is 0 Å². The second-order valence-electron chi connectivity index (χ2n) is 5.11. The minimum absolute atomic E-state index is 0.0481. The molecular weight excluding hydrogens is 301 g/mol. The Morgan fingerprint density at radius 1 is 1.41 bits per heavy atom. The molecule has 0 unspecified atom stereocenters. The van der Waals surface area contributed by atoms with Gasteiger partial charge in [-0.1, -0.05) is 6.07 Å². The highest BCUT2D eigenvalue weighted by Gasteiger charge is 2.19. The summed E-state index contributed by atoms with van der Waals surface area (Å²) in [5.74, 6) is -0.282. The van der Waals surface area contributed by atoms with Crippen LogP contribution in [0.5, 0.6) is 5.75 Å². The molecule has 0 atom stereocenters.